The predicted octanol–water partition coefficient (Wildman–Crippen LogP) is 1.70. The molecule has 3 rings (SSSR count). The van der Waals surface area contributed by atoms with Crippen LogP contribution < -0.4 is 5.56 Å². The highest BCUT2D eigenvalue weighted by Crippen LogP contribution is 2.14. The summed E-state index contributed by atoms with van der Waals surface area (Å²) in [5, 5.41) is 0. The molecule has 6 nitrogen and oxygen atoms in total. The number of amides is 1. The minimum atomic E-state index is -0.283. The van der Waals surface area contributed by atoms with Gasteiger partial charge in [-0.05, 0) is 37.0 Å². The number of hydrogen-bond acceptors (Lipinski definition) is 4. The number of hydrogen-bond donors (Lipinski definition) is 1. The third-order valence-electron chi connectivity index (χ3n) is 4.47. The molecule has 1 aliphatic rings. The highest BCUT2D eigenvalue weighted by Gasteiger charge is 2.24. The van der Waals surface area contributed by atoms with Crippen LogP contribution in [0.25, 0.3) is 0 Å². The van der Waals surface area contributed by atoms with E-state index in [-0.39, 0.29) is 23.4 Å². The number of carbonyl (C=O) groups is 1. The number of rotatable bonds is 6. The third-order valence-corrected chi connectivity index (χ3v) is 4.47. The molecule has 7 heteroatoms. The van der Waals surface area contributed by atoms with E-state index in [1.54, 1.807) is 11.0 Å². The van der Waals surface area contributed by atoms with E-state index in [4.69, 9.17) is 4.74 Å². The van der Waals surface area contributed by atoms with Crippen molar-refractivity contribution in [1.29, 1.82) is 0 Å². The summed E-state index contributed by atoms with van der Waals surface area (Å²) in [5.41, 5.74) is 1.36. The molecule has 0 aliphatic carbocycles. The van der Waals surface area contributed by atoms with Gasteiger partial charge in [0.2, 0.25) is 5.91 Å². The fraction of sp³-hybridized carbons (Fsp3) is 0.421. The number of aromatic nitrogens is 2. The van der Waals surface area contributed by atoms with E-state index in [1.807, 2.05) is 6.07 Å². The lowest BCUT2D eigenvalue weighted by atomic mass is 10.1. The lowest BCUT2D eigenvalue weighted by molar-refractivity contribution is -0.138. The van der Waals surface area contributed by atoms with E-state index in [2.05, 4.69) is 9.97 Å². The second kappa shape index (κ2) is 8.71. The summed E-state index contributed by atoms with van der Waals surface area (Å²) < 4.78 is 18.9. The van der Waals surface area contributed by atoms with Crippen molar-refractivity contribution < 1.29 is 13.9 Å². The first-order valence-corrected chi connectivity index (χ1v) is 8.77. The van der Waals surface area contributed by atoms with Crippen molar-refractivity contribution in [2.75, 3.05) is 19.7 Å². The number of morpholine rings is 1. The number of ether oxygens (including phenoxy) is 1. The van der Waals surface area contributed by atoms with E-state index in [1.165, 1.54) is 24.5 Å². The Balaban J connectivity index is 1.47. The molecule has 2 heterocycles. The van der Waals surface area contributed by atoms with Crippen LogP contribution in [0.15, 0.2) is 41.5 Å². The maximum Gasteiger partial charge on any atom is 0.250 e. The molecule has 2 aromatic rings. The normalized spacial score (nSPS) is 17.3. The van der Waals surface area contributed by atoms with Crippen LogP contribution in [0.5, 0.6) is 0 Å². The molecule has 1 aliphatic heterocycles. The summed E-state index contributed by atoms with van der Waals surface area (Å²) >= 11 is 0. The Kier molecular flexibility index (Phi) is 6.12. The Labute approximate surface area is 151 Å². The molecule has 0 bridgehead atoms. The van der Waals surface area contributed by atoms with Crippen LogP contribution in [0.3, 0.4) is 0 Å². The summed E-state index contributed by atoms with van der Waals surface area (Å²) in [6.07, 6.45) is 3.52. The summed E-state index contributed by atoms with van der Waals surface area (Å²) in [7, 11) is 0. The van der Waals surface area contributed by atoms with Gasteiger partial charge in [-0.25, -0.2) is 9.37 Å². The fourth-order valence-corrected chi connectivity index (χ4v) is 3.08. The molecule has 1 saturated heterocycles. The molecule has 1 atom stereocenters. The van der Waals surface area contributed by atoms with Gasteiger partial charge in [0.1, 0.15) is 5.82 Å². The first kappa shape index (κ1) is 18.3. The molecule has 0 spiro atoms. The zero-order valence-electron chi connectivity index (χ0n) is 14.5. The van der Waals surface area contributed by atoms with Gasteiger partial charge in [0, 0.05) is 31.3 Å². The molecule has 1 aromatic heterocycles. The maximum atomic E-state index is 13.2. The van der Waals surface area contributed by atoms with Gasteiger partial charge in [-0.3, -0.25) is 9.59 Å². The van der Waals surface area contributed by atoms with E-state index < -0.39 is 0 Å². The van der Waals surface area contributed by atoms with Crippen LogP contribution in [-0.2, 0) is 22.4 Å². The van der Waals surface area contributed by atoms with Crippen LogP contribution in [0, 0.1) is 5.82 Å². The largest absolute Gasteiger partial charge is 0.375 e. The summed E-state index contributed by atoms with van der Waals surface area (Å²) in [6, 6.07) is 7.82. The van der Waals surface area contributed by atoms with Crippen molar-refractivity contribution >= 4 is 5.91 Å². The Bertz CT molecular complexity index is 808. The smallest absolute Gasteiger partial charge is 0.250 e. The number of carbonyl (C=O) groups excluding carboxylic acids is 1. The molecule has 26 heavy (non-hydrogen) atoms. The SMILES string of the molecule is O=C(CCc1cccc(F)c1)N1CCO[C@@H](CCc2cc(=O)[nH]cn2)C1. The second-order valence-electron chi connectivity index (χ2n) is 6.40. The monoisotopic (exact) mass is 359 g/mol. The maximum absolute atomic E-state index is 13.2. The van der Waals surface area contributed by atoms with Gasteiger partial charge in [0.05, 0.1) is 19.0 Å². The number of benzene rings is 1. The minimum absolute atomic E-state index is 0.0526. The number of halogens is 1. The van der Waals surface area contributed by atoms with Crippen LogP contribution >= 0.6 is 0 Å². The first-order chi connectivity index (χ1) is 12.6. The molecule has 1 fully saturated rings. The van der Waals surface area contributed by atoms with Crippen molar-refractivity contribution in [2.24, 2.45) is 0 Å². The quantitative estimate of drug-likeness (QED) is 0.852. The van der Waals surface area contributed by atoms with E-state index in [0.717, 1.165) is 5.56 Å². The molecule has 138 valence electrons. The zero-order chi connectivity index (χ0) is 18.4. The van der Waals surface area contributed by atoms with E-state index in [9.17, 15) is 14.0 Å². The fourth-order valence-electron chi connectivity index (χ4n) is 3.08. The number of aryl methyl sites for hydroxylation is 2. The highest BCUT2D eigenvalue weighted by molar-refractivity contribution is 5.76. The van der Waals surface area contributed by atoms with Crippen LogP contribution in [0.4, 0.5) is 4.39 Å². The van der Waals surface area contributed by atoms with Crippen molar-refractivity contribution in [3.63, 3.8) is 0 Å². The van der Waals surface area contributed by atoms with E-state index >= 15 is 0 Å². The second-order valence-corrected chi connectivity index (χ2v) is 6.40. The molecular weight excluding hydrogens is 337 g/mol. The average Bonchev–Trinajstić information content (AvgIpc) is 2.65. The third kappa shape index (κ3) is 5.23. The van der Waals surface area contributed by atoms with Gasteiger partial charge in [0.25, 0.3) is 5.56 Å². The molecule has 1 N–H and O–H groups in total. The highest BCUT2D eigenvalue weighted by atomic mass is 19.1. The molecule has 1 amide bonds. The molecule has 0 unspecified atom stereocenters. The van der Waals surface area contributed by atoms with E-state index in [0.29, 0.717) is 51.1 Å². The Morgan fingerprint density at radius 1 is 1.35 bits per heavy atom. The van der Waals surface area contributed by atoms with Gasteiger partial charge in [-0.2, -0.15) is 0 Å². The predicted molar refractivity (Wildman–Crippen MR) is 94.2 cm³/mol. The van der Waals surface area contributed by atoms with Crippen LogP contribution in [0.2, 0.25) is 0 Å². The number of aromatic amines is 1. The lowest BCUT2D eigenvalue weighted by Crippen LogP contribution is -2.45. The Hall–Kier alpha value is -2.54. The van der Waals surface area contributed by atoms with Gasteiger partial charge in [0.15, 0.2) is 0 Å². The van der Waals surface area contributed by atoms with Crippen molar-refractivity contribution in [2.45, 2.75) is 31.8 Å². The topological polar surface area (TPSA) is 75.3 Å². The molecular formula is C19H22FN3O3. The number of nitrogens with one attached hydrogen (secondary N) is 1. The van der Waals surface area contributed by atoms with Crippen molar-refractivity contribution in [3.05, 3.63) is 64.1 Å². The first-order valence-electron chi connectivity index (χ1n) is 8.77. The average molecular weight is 359 g/mol. The molecule has 1 aromatic carbocycles. The van der Waals surface area contributed by atoms with Crippen molar-refractivity contribution in [3.8, 4) is 0 Å². The summed E-state index contributed by atoms with van der Waals surface area (Å²) in [5.74, 6) is -0.230. The molecule has 0 saturated carbocycles. The Morgan fingerprint density at radius 2 is 2.23 bits per heavy atom. The Morgan fingerprint density at radius 3 is 3.04 bits per heavy atom. The number of nitrogens with zero attached hydrogens (tertiary/aromatic N) is 2. The van der Waals surface area contributed by atoms with Gasteiger partial charge < -0.3 is 14.6 Å². The van der Waals surface area contributed by atoms with Crippen molar-refractivity contribution in [1.82, 2.24) is 14.9 Å². The standard InChI is InChI=1S/C19H22FN3O3/c20-15-3-1-2-14(10-15)4-7-19(25)23-8-9-26-17(12-23)6-5-16-11-18(24)22-13-21-16/h1-3,10-11,13,17H,4-9,12H2,(H,21,22,24)/t17-/m0/s1. The summed E-state index contributed by atoms with van der Waals surface area (Å²) in [6.45, 7) is 1.60. The molecule has 0 radical (unpaired) electrons. The van der Waals surface area contributed by atoms with Gasteiger partial charge >= 0.3 is 0 Å². The van der Waals surface area contributed by atoms with Gasteiger partial charge in [-0.1, -0.05) is 12.1 Å². The zero-order valence-corrected chi connectivity index (χ0v) is 14.5. The summed E-state index contributed by atoms with van der Waals surface area (Å²) in [4.78, 5) is 32.1. The van der Waals surface area contributed by atoms with Crippen LogP contribution in [0.1, 0.15) is 24.1 Å². The van der Waals surface area contributed by atoms with Crippen LogP contribution in [-0.4, -0.2) is 46.6 Å². The van der Waals surface area contributed by atoms with Gasteiger partial charge in [-0.15, -0.1) is 0 Å². The minimum Gasteiger partial charge on any atom is -0.375 e. The lowest BCUT2D eigenvalue weighted by Gasteiger charge is -2.33. The number of H-pyrrole nitrogens is 1.